The minimum Gasteiger partial charge on any atom is -0.271 e. The average Bonchev–Trinajstić information content (AvgIpc) is 2.88. The van der Waals surface area contributed by atoms with Crippen molar-refractivity contribution in [1.29, 1.82) is 0 Å². The molecule has 1 atom stereocenters. The highest BCUT2D eigenvalue weighted by molar-refractivity contribution is 7.09. The Bertz CT molecular complexity index is 566. The fraction of sp³-hybridized carbons (Fsp3) is 0.231. The molecule has 1 aromatic carbocycles. The Kier molecular flexibility index (Phi) is 4.42. The smallest absolute Gasteiger partial charge is 0.271 e. The monoisotopic (exact) mass is 304 g/mol. The van der Waals surface area contributed by atoms with Crippen molar-refractivity contribution in [2.75, 3.05) is 0 Å². The van der Waals surface area contributed by atoms with Gasteiger partial charge in [0.15, 0.2) is 0 Å². The van der Waals surface area contributed by atoms with Crippen LogP contribution in [0.1, 0.15) is 22.0 Å². The maximum atomic E-state index is 13.2. The van der Waals surface area contributed by atoms with Gasteiger partial charge in [0.25, 0.3) is 0 Å². The minimum atomic E-state index is -4.72. The fourth-order valence-corrected chi connectivity index (χ4v) is 2.63. The second kappa shape index (κ2) is 5.90. The van der Waals surface area contributed by atoms with Gasteiger partial charge in [-0.2, -0.15) is 13.2 Å². The zero-order valence-electron chi connectivity index (χ0n) is 10.2. The SMILES string of the molecule is NNC(Cc1cccs1)c1ccc(F)c(C(F)(F)F)c1. The van der Waals surface area contributed by atoms with E-state index in [0.717, 1.165) is 17.0 Å². The maximum Gasteiger partial charge on any atom is 0.419 e. The van der Waals surface area contributed by atoms with Gasteiger partial charge in [0.2, 0.25) is 0 Å². The maximum absolute atomic E-state index is 13.2. The predicted molar refractivity (Wildman–Crippen MR) is 69.5 cm³/mol. The first kappa shape index (κ1) is 15.0. The Morgan fingerprint density at radius 1 is 1.25 bits per heavy atom. The van der Waals surface area contributed by atoms with E-state index in [4.69, 9.17) is 5.84 Å². The van der Waals surface area contributed by atoms with Gasteiger partial charge in [-0.1, -0.05) is 12.1 Å². The number of halogens is 4. The number of rotatable bonds is 4. The molecule has 2 rings (SSSR count). The molecule has 0 radical (unpaired) electrons. The summed E-state index contributed by atoms with van der Waals surface area (Å²) in [4.78, 5) is 0.978. The van der Waals surface area contributed by atoms with Crippen LogP contribution in [0.2, 0.25) is 0 Å². The zero-order chi connectivity index (χ0) is 14.8. The van der Waals surface area contributed by atoms with E-state index >= 15 is 0 Å². The molecule has 0 saturated carbocycles. The lowest BCUT2D eigenvalue weighted by molar-refractivity contribution is -0.140. The molecule has 0 spiro atoms. The lowest BCUT2D eigenvalue weighted by Gasteiger charge is -2.17. The topological polar surface area (TPSA) is 38.0 Å². The van der Waals surface area contributed by atoms with Gasteiger partial charge in [-0.3, -0.25) is 11.3 Å². The number of nitrogens with one attached hydrogen (secondary N) is 1. The van der Waals surface area contributed by atoms with E-state index in [0.29, 0.717) is 12.0 Å². The highest BCUT2D eigenvalue weighted by atomic mass is 32.1. The summed E-state index contributed by atoms with van der Waals surface area (Å²) in [5.74, 6) is 4.11. The number of benzene rings is 1. The van der Waals surface area contributed by atoms with Crippen LogP contribution >= 0.6 is 11.3 Å². The van der Waals surface area contributed by atoms with Crippen molar-refractivity contribution >= 4 is 11.3 Å². The standard InChI is InChI=1S/C13H12F4N2S/c14-11-4-3-8(6-10(11)13(15,16)17)12(19-18)7-9-2-1-5-20-9/h1-6,12,19H,7,18H2. The van der Waals surface area contributed by atoms with Crippen molar-refractivity contribution < 1.29 is 17.6 Å². The van der Waals surface area contributed by atoms with Crippen LogP contribution in [-0.2, 0) is 12.6 Å². The summed E-state index contributed by atoms with van der Waals surface area (Å²) in [6, 6.07) is 6.13. The quantitative estimate of drug-likeness (QED) is 0.514. The molecule has 7 heteroatoms. The van der Waals surface area contributed by atoms with E-state index < -0.39 is 23.6 Å². The Hall–Kier alpha value is -1.44. The molecule has 0 aliphatic heterocycles. The molecule has 3 N–H and O–H groups in total. The number of nitrogens with two attached hydrogens (primary N) is 1. The first-order valence-corrected chi connectivity index (χ1v) is 6.65. The zero-order valence-corrected chi connectivity index (χ0v) is 11.1. The molecule has 0 amide bonds. The van der Waals surface area contributed by atoms with Crippen molar-refractivity contribution in [1.82, 2.24) is 5.43 Å². The molecule has 0 aliphatic rings. The molecular weight excluding hydrogens is 292 g/mol. The van der Waals surface area contributed by atoms with Crippen LogP contribution in [0.15, 0.2) is 35.7 Å². The van der Waals surface area contributed by atoms with Crippen molar-refractivity contribution in [3.05, 3.63) is 57.5 Å². The Balaban J connectivity index is 2.30. The van der Waals surface area contributed by atoms with Gasteiger partial charge in [-0.05, 0) is 29.1 Å². The van der Waals surface area contributed by atoms with E-state index in [9.17, 15) is 17.6 Å². The van der Waals surface area contributed by atoms with Crippen LogP contribution < -0.4 is 11.3 Å². The number of thiophene rings is 1. The lowest BCUT2D eigenvalue weighted by atomic mass is 10.0. The Labute approximate surface area is 117 Å². The summed E-state index contributed by atoms with van der Waals surface area (Å²) >= 11 is 1.48. The second-order valence-corrected chi connectivity index (χ2v) is 5.27. The van der Waals surface area contributed by atoms with Gasteiger partial charge < -0.3 is 0 Å². The molecule has 108 valence electrons. The van der Waals surface area contributed by atoms with Crippen LogP contribution in [0.4, 0.5) is 17.6 Å². The summed E-state index contributed by atoms with van der Waals surface area (Å²) in [6.45, 7) is 0. The largest absolute Gasteiger partial charge is 0.419 e. The van der Waals surface area contributed by atoms with Gasteiger partial charge >= 0.3 is 6.18 Å². The number of hydrazine groups is 1. The summed E-state index contributed by atoms with van der Waals surface area (Å²) in [7, 11) is 0. The molecular formula is C13H12F4N2S. The first-order chi connectivity index (χ1) is 9.41. The Morgan fingerprint density at radius 2 is 2.00 bits per heavy atom. The molecule has 0 bridgehead atoms. The summed E-state index contributed by atoms with van der Waals surface area (Å²) < 4.78 is 51.3. The van der Waals surface area contributed by atoms with E-state index in [1.165, 1.54) is 17.4 Å². The molecule has 2 aromatic rings. The number of hydrogen-bond acceptors (Lipinski definition) is 3. The normalized spacial score (nSPS) is 13.4. The third-order valence-corrected chi connectivity index (χ3v) is 3.78. The number of hydrogen-bond donors (Lipinski definition) is 2. The highest BCUT2D eigenvalue weighted by Crippen LogP contribution is 2.33. The van der Waals surface area contributed by atoms with Crippen molar-refractivity contribution in [2.45, 2.75) is 18.6 Å². The first-order valence-electron chi connectivity index (χ1n) is 5.77. The average molecular weight is 304 g/mol. The predicted octanol–water partition coefficient (Wildman–Crippen LogP) is 3.65. The molecule has 0 aliphatic carbocycles. The molecule has 0 saturated heterocycles. The van der Waals surface area contributed by atoms with E-state index in [1.807, 2.05) is 17.5 Å². The molecule has 0 fully saturated rings. The lowest BCUT2D eigenvalue weighted by Crippen LogP contribution is -2.29. The van der Waals surface area contributed by atoms with Crippen LogP contribution in [0.25, 0.3) is 0 Å². The molecule has 2 nitrogen and oxygen atoms in total. The molecule has 1 aromatic heterocycles. The number of alkyl halides is 3. The third-order valence-electron chi connectivity index (χ3n) is 2.88. The van der Waals surface area contributed by atoms with Crippen LogP contribution in [0.5, 0.6) is 0 Å². The van der Waals surface area contributed by atoms with Gasteiger partial charge in [0, 0.05) is 11.3 Å². The van der Waals surface area contributed by atoms with Gasteiger partial charge in [0.05, 0.1) is 11.6 Å². The van der Waals surface area contributed by atoms with Crippen LogP contribution in [-0.4, -0.2) is 0 Å². The molecule has 1 unspecified atom stereocenters. The van der Waals surface area contributed by atoms with Crippen LogP contribution in [0, 0.1) is 5.82 Å². The van der Waals surface area contributed by atoms with Gasteiger partial charge in [-0.25, -0.2) is 4.39 Å². The van der Waals surface area contributed by atoms with Gasteiger partial charge in [0.1, 0.15) is 5.82 Å². The second-order valence-electron chi connectivity index (χ2n) is 4.24. The molecule has 1 heterocycles. The summed E-state index contributed by atoms with van der Waals surface area (Å²) in [5, 5.41) is 1.87. The van der Waals surface area contributed by atoms with Gasteiger partial charge in [-0.15, -0.1) is 11.3 Å². The van der Waals surface area contributed by atoms with E-state index in [-0.39, 0.29) is 0 Å². The third kappa shape index (κ3) is 3.36. The van der Waals surface area contributed by atoms with Crippen molar-refractivity contribution in [2.24, 2.45) is 5.84 Å². The van der Waals surface area contributed by atoms with Crippen molar-refractivity contribution in [3.8, 4) is 0 Å². The fourth-order valence-electron chi connectivity index (χ4n) is 1.88. The summed E-state index contributed by atoms with van der Waals surface area (Å²) in [5.41, 5.74) is 1.50. The minimum absolute atomic E-state index is 0.301. The van der Waals surface area contributed by atoms with Crippen LogP contribution in [0.3, 0.4) is 0 Å². The molecule has 20 heavy (non-hydrogen) atoms. The highest BCUT2D eigenvalue weighted by Gasteiger charge is 2.34. The van der Waals surface area contributed by atoms with E-state index in [2.05, 4.69) is 5.43 Å². The summed E-state index contributed by atoms with van der Waals surface area (Å²) in [6.07, 6.45) is -4.28. The Morgan fingerprint density at radius 3 is 2.55 bits per heavy atom. The van der Waals surface area contributed by atoms with Crippen molar-refractivity contribution in [3.63, 3.8) is 0 Å². The van der Waals surface area contributed by atoms with E-state index in [1.54, 1.807) is 0 Å².